The van der Waals surface area contributed by atoms with Gasteiger partial charge >= 0.3 is 0 Å². The summed E-state index contributed by atoms with van der Waals surface area (Å²) < 4.78 is 0. The van der Waals surface area contributed by atoms with Gasteiger partial charge in [-0.25, -0.2) is 0 Å². The van der Waals surface area contributed by atoms with E-state index in [1.54, 1.807) is 0 Å². The summed E-state index contributed by atoms with van der Waals surface area (Å²) in [4.78, 5) is 0. The lowest BCUT2D eigenvalue weighted by Gasteiger charge is -2.18. The molecule has 1 N–H and O–H groups in total. The summed E-state index contributed by atoms with van der Waals surface area (Å²) in [6, 6.07) is 8.59. The molecule has 0 saturated heterocycles. The zero-order valence-corrected chi connectivity index (χ0v) is 9.37. The molecule has 1 atom stereocenters. The number of rotatable bonds is 3. The minimum Gasteiger partial charge on any atom is -0.385 e. The van der Waals surface area contributed by atoms with Gasteiger partial charge in [-0.1, -0.05) is 24.3 Å². The molecule has 1 aliphatic carbocycles. The molecule has 0 fully saturated rings. The lowest BCUT2D eigenvalue weighted by atomic mass is 9.94. The number of anilines is 1. The van der Waals surface area contributed by atoms with Gasteiger partial charge in [-0.05, 0) is 49.8 Å². The van der Waals surface area contributed by atoms with Gasteiger partial charge in [0, 0.05) is 12.2 Å². The van der Waals surface area contributed by atoms with E-state index in [9.17, 15) is 0 Å². The first-order valence-electron chi connectivity index (χ1n) is 5.80. The van der Waals surface area contributed by atoms with Crippen LogP contribution in [0.15, 0.2) is 36.4 Å². The predicted octanol–water partition coefficient (Wildman–Crippen LogP) is 3.76. The van der Waals surface area contributed by atoms with Crippen molar-refractivity contribution in [1.29, 1.82) is 0 Å². The molecule has 0 unspecified atom stereocenters. The maximum Gasteiger partial charge on any atom is 0.0342 e. The molecule has 15 heavy (non-hydrogen) atoms. The Balaban J connectivity index is 1.84. The molecule has 1 nitrogen and oxygen atoms in total. The standard InChI is InChI=1S/C14H19N/c1-12-6-5-9-14(10-12)15-11-13-7-3-2-4-8-13/h2-3,5-6,9-10,13,15H,4,7-8,11H2,1H3/t13-/m0/s1. The molecule has 1 aromatic rings. The van der Waals surface area contributed by atoms with Crippen molar-refractivity contribution in [2.75, 3.05) is 11.9 Å². The van der Waals surface area contributed by atoms with Crippen molar-refractivity contribution < 1.29 is 0 Å². The monoisotopic (exact) mass is 201 g/mol. The van der Waals surface area contributed by atoms with Crippen LogP contribution in [0.3, 0.4) is 0 Å². The summed E-state index contributed by atoms with van der Waals surface area (Å²) in [6.07, 6.45) is 8.42. The van der Waals surface area contributed by atoms with E-state index < -0.39 is 0 Å². The number of benzene rings is 1. The fraction of sp³-hybridized carbons (Fsp3) is 0.429. The minimum atomic E-state index is 0.815. The zero-order valence-electron chi connectivity index (χ0n) is 9.37. The summed E-state index contributed by atoms with van der Waals surface area (Å²) in [5.41, 5.74) is 2.58. The average Bonchev–Trinajstić information content (AvgIpc) is 2.28. The van der Waals surface area contributed by atoms with Crippen LogP contribution in [0.1, 0.15) is 24.8 Å². The van der Waals surface area contributed by atoms with E-state index in [0.717, 1.165) is 12.5 Å². The first-order chi connectivity index (χ1) is 7.34. The molecule has 0 spiro atoms. The summed E-state index contributed by atoms with van der Waals surface area (Å²) in [7, 11) is 0. The van der Waals surface area contributed by atoms with Gasteiger partial charge in [-0.2, -0.15) is 0 Å². The number of nitrogens with one attached hydrogen (secondary N) is 1. The molecule has 1 heteroatoms. The molecule has 1 aromatic carbocycles. The Bertz CT molecular complexity index is 341. The molecule has 0 heterocycles. The largest absolute Gasteiger partial charge is 0.385 e. The Morgan fingerprint density at radius 1 is 1.33 bits per heavy atom. The number of allylic oxidation sites excluding steroid dienone is 2. The molecule has 0 radical (unpaired) electrons. The first kappa shape index (κ1) is 10.3. The molecule has 0 aromatic heterocycles. The highest BCUT2D eigenvalue weighted by atomic mass is 14.9. The normalized spacial score (nSPS) is 20.2. The SMILES string of the molecule is Cc1cccc(NC[C@H]2CC=CCC2)c1. The fourth-order valence-corrected chi connectivity index (χ4v) is 2.06. The quantitative estimate of drug-likeness (QED) is 0.734. The van der Waals surface area contributed by atoms with Crippen molar-refractivity contribution in [2.45, 2.75) is 26.2 Å². The van der Waals surface area contributed by atoms with Crippen molar-refractivity contribution in [3.8, 4) is 0 Å². The van der Waals surface area contributed by atoms with Crippen molar-refractivity contribution in [3.05, 3.63) is 42.0 Å². The lowest BCUT2D eigenvalue weighted by molar-refractivity contribution is 0.504. The summed E-state index contributed by atoms with van der Waals surface area (Å²) in [6.45, 7) is 3.24. The van der Waals surface area contributed by atoms with E-state index in [-0.39, 0.29) is 0 Å². The van der Waals surface area contributed by atoms with E-state index in [1.165, 1.54) is 30.5 Å². The summed E-state index contributed by atoms with van der Waals surface area (Å²) in [5, 5.41) is 3.52. The maximum atomic E-state index is 3.52. The van der Waals surface area contributed by atoms with E-state index >= 15 is 0 Å². The van der Waals surface area contributed by atoms with Gasteiger partial charge in [-0.3, -0.25) is 0 Å². The topological polar surface area (TPSA) is 12.0 Å². The Morgan fingerprint density at radius 3 is 3.00 bits per heavy atom. The van der Waals surface area contributed by atoms with Crippen LogP contribution in [0, 0.1) is 12.8 Å². The van der Waals surface area contributed by atoms with Crippen LogP contribution in [-0.4, -0.2) is 6.54 Å². The van der Waals surface area contributed by atoms with Gasteiger partial charge in [0.1, 0.15) is 0 Å². The second-order valence-corrected chi connectivity index (χ2v) is 4.40. The second-order valence-electron chi connectivity index (χ2n) is 4.40. The van der Waals surface area contributed by atoms with Crippen molar-refractivity contribution in [3.63, 3.8) is 0 Å². The number of hydrogen-bond donors (Lipinski definition) is 1. The van der Waals surface area contributed by atoms with Crippen LogP contribution in [-0.2, 0) is 0 Å². The third-order valence-corrected chi connectivity index (χ3v) is 2.99. The van der Waals surface area contributed by atoms with Crippen LogP contribution < -0.4 is 5.32 Å². The van der Waals surface area contributed by atoms with Crippen LogP contribution in [0.5, 0.6) is 0 Å². The van der Waals surface area contributed by atoms with Gasteiger partial charge in [0.25, 0.3) is 0 Å². The molecular formula is C14H19N. The highest BCUT2D eigenvalue weighted by Crippen LogP contribution is 2.19. The van der Waals surface area contributed by atoms with E-state index in [0.29, 0.717) is 0 Å². The lowest BCUT2D eigenvalue weighted by Crippen LogP contribution is -2.15. The Kier molecular flexibility index (Phi) is 3.44. The van der Waals surface area contributed by atoms with Gasteiger partial charge in [0.05, 0.1) is 0 Å². The van der Waals surface area contributed by atoms with Crippen LogP contribution in [0.4, 0.5) is 5.69 Å². The Morgan fingerprint density at radius 2 is 2.27 bits per heavy atom. The summed E-state index contributed by atoms with van der Waals surface area (Å²) in [5.74, 6) is 0.815. The number of hydrogen-bond acceptors (Lipinski definition) is 1. The van der Waals surface area contributed by atoms with Crippen LogP contribution in [0.25, 0.3) is 0 Å². The van der Waals surface area contributed by atoms with Crippen molar-refractivity contribution in [2.24, 2.45) is 5.92 Å². The van der Waals surface area contributed by atoms with Crippen molar-refractivity contribution in [1.82, 2.24) is 0 Å². The summed E-state index contributed by atoms with van der Waals surface area (Å²) >= 11 is 0. The van der Waals surface area contributed by atoms with E-state index in [1.807, 2.05) is 0 Å². The molecule has 80 valence electrons. The second kappa shape index (κ2) is 5.01. The minimum absolute atomic E-state index is 0.815. The molecule has 0 bridgehead atoms. The van der Waals surface area contributed by atoms with Gasteiger partial charge in [-0.15, -0.1) is 0 Å². The highest BCUT2D eigenvalue weighted by molar-refractivity contribution is 5.45. The Hall–Kier alpha value is -1.24. The van der Waals surface area contributed by atoms with Crippen molar-refractivity contribution >= 4 is 5.69 Å². The molecule has 0 aliphatic heterocycles. The van der Waals surface area contributed by atoms with Gasteiger partial charge in [0.15, 0.2) is 0 Å². The smallest absolute Gasteiger partial charge is 0.0342 e. The number of aryl methyl sites for hydroxylation is 1. The van der Waals surface area contributed by atoms with Gasteiger partial charge in [0.2, 0.25) is 0 Å². The zero-order chi connectivity index (χ0) is 10.5. The third-order valence-electron chi connectivity index (χ3n) is 2.99. The molecule has 0 saturated carbocycles. The van der Waals surface area contributed by atoms with E-state index in [4.69, 9.17) is 0 Å². The van der Waals surface area contributed by atoms with E-state index in [2.05, 4.69) is 48.7 Å². The molecule has 2 rings (SSSR count). The fourth-order valence-electron chi connectivity index (χ4n) is 2.06. The van der Waals surface area contributed by atoms with Crippen LogP contribution >= 0.6 is 0 Å². The van der Waals surface area contributed by atoms with Crippen LogP contribution in [0.2, 0.25) is 0 Å². The predicted molar refractivity (Wildman–Crippen MR) is 66.1 cm³/mol. The highest BCUT2D eigenvalue weighted by Gasteiger charge is 2.08. The maximum absolute atomic E-state index is 3.52. The first-order valence-corrected chi connectivity index (χ1v) is 5.80. The molecule has 0 amide bonds. The molecular weight excluding hydrogens is 182 g/mol. The third kappa shape index (κ3) is 3.12. The molecule has 1 aliphatic rings. The average molecular weight is 201 g/mol. The Labute approximate surface area is 92.2 Å². The van der Waals surface area contributed by atoms with Gasteiger partial charge < -0.3 is 5.32 Å².